The molecule has 1 aromatic rings. The molecule has 0 atom stereocenters. The molecule has 0 spiro atoms. The summed E-state index contributed by atoms with van der Waals surface area (Å²) >= 11 is 0. The van der Waals surface area contributed by atoms with E-state index < -0.39 is 16.0 Å². The van der Waals surface area contributed by atoms with Crippen LogP contribution in [0.15, 0.2) is 17.2 Å². The fraction of sp³-hybridized carbons (Fsp3) is 0.417. The zero-order valence-corrected chi connectivity index (χ0v) is 11.2. The van der Waals surface area contributed by atoms with Gasteiger partial charge in [0.05, 0.1) is 6.54 Å². The highest BCUT2D eigenvalue weighted by molar-refractivity contribution is 7.89. The van der Waals surface area contributed by atoms with Crippen LogP contribution in [0, 0.1) is 12.3 Å². The number of nitrogens with zero attached hydrogens (tertiary/aromatic N) is 2. The maximum absolute atomic E-state index is 12.2. The van der Waals surface area contributed by atoms with Gasteiger partial charge < -0.3 is 9.67 Å². The highest BCUT2D eigenvalue weighted by Crippen LogP contribution is 2.37. The van der Waals surface area contributed by atoms with Gasteiger partial charge in [-0.15, -0.1) is 6.42 Å². The summed E-state index contributed by atoms with van der Waals surface area (Å²) in [6.45, 7) is -0.0562. The van der Waals surface area contributed by atoms with Crippen LogP contribution in [0.5, 0.6) is 0 Å². The fourth-order valence-corrected chi connectivity index (χ4v) is 2.93. The van der Waals surface area contributed by atoms with E-state index in [1.54, 1.807) is 0 Å². The predicted octanol–water partition coefficient (Wildman–Crippen LogP) is 0.775. The Morgan fingerprint density at radius 3 is 2.74 bits per heavy atom. The number of carboxylic acids is 1. The zero-order valence-electron chi connectivity index (χ0n) is 10.4. The van der Waals surface area contributed by atoms with Crippen LogP contribution in [0.3, 0.4) is 0 Å². The van der Waals surface area contributed by atoms with Crippen molar-refractivity contribution in [3.8, 4) is 12.3 Å². The molecule has 2 rings (SSSR count). The Labute approximate surface area is 111 Å². The number of carboxylic acid groups (broad SMARTS) is 1. The molecule has 1 aliphatic rings. The first-order valence-electron chi connectivity index (χ1n) is 5.73. The Balaban J connectivity index is 2.44. The van der Waals surface area contributed by atoms with Gasteiger partial charge in [0, 0.05) is 19.3 Å². The second kappa shape index (κ2) is 4.72. The lowest BCUT2D eigenvalue weighted by molar-refractivity contribution is 0.0685. The van der Waals surface area contributed by atoms with Gasteiger partial charge in [-0.2, -0.15) is 4.31 Å². The van der Waals surface area contributed by atoms with Crippen molar-refractivity contribution in [2.75, 3.05) is 13.6 Å². The molecule has 1 fully saturated rings. The predicted molar refractivity (Wildman–Crippen MR) is 68.3 cm³/mol. The SMILES string of the molecule is C#CCN(C)S(=O)(=O)c1cc(C(=O)O)n(C2CC2)c1. The number of hydrogen-bond donors (Lipinski definition) is 1. The molecule has 1 aliphatic carbocycles. The van der Waals surface area contributed by atoms with Gasteiger partial charge in [-0.25, -0.2) is 13.2 Å². The second-order valence-electron chi connectivity index (χ2n) is 4.47. The van der Waals surface area contributed by atoms with Gasteiger partial charge in [0.2, 0.25) is 10.0 Å². The smallest absolute Gasteiger partial charge is 0.352 e. The number of aromatic nitrogens is 1. The average Bonchev–Trinajstić information content (AvgIpc) is 3.07. The van der Waals surface area contributed by atoms with Crippen LogP contribution in [-0.4, -0.2) is 42.0 Å². The van der Waals surface area contributed by atoms with E-state index in [4.69, 9.17) is 11.5 Å². The summed E-state index contributed by atoms with van der Waals surface area (Å²) in [5.41, 5.74) is -0.00446. The normalized spacial score (nSPS) is 15.4. The van der Waals surface area contributed by atoms with E-state index in [0.29, 0.717) is 0 Å². The van der Waals surface area contributed by atoms with E-state index in [9.17, 15) is 13.2 Å². The average molecular weight is 282 g/mol. The molecule has 0 amide bonds. The molecule has 1 aromatic heterocycles. The summed E-state index contributed by atoms with van der Waals surface area (Å²) in [4.78, 5) is 11.1. The molecule has 1 saturated carbocycles. The van der Waals surface area contributed by atoms with Crippen LogP contribution in [0.1, 0.15) is 29.4 Å². The van der Waals surface area contributed by atoms with Crippen molar-refractivity contribution < 1.29 is 18.3 Å². The number of terminal acetylenes is 1. The Hall–Kier alpha value is -1.78. The van der Waals surface area contributed by atoms with Crippen molar-refractivity contribution in [1.29, 1.82) is 0 Å². The third-order valence-electron chi connectivity index (χ3n) is 3.00. The number of carbonyl (C=O) groups is 1. The van der Waals surface area contributed by atoms with Crippen LogP contribution in [-0.2, 0) is 10.0 Å². The van der Waals surface area contributed by atoms with Gasteiger partial charge in [0.15, 0.2) is 0 Å². The molecule has 0 unspecified atom stereocenters. The summed E-state index contributed by atoms with van der Waals surface area (Å²) in [6, 6.07) is 1.27. The summed E-state index contributed by atoms with van der Waals surface area (Å²) in [5, 5.41) is 9.10. The largest absolute Gasteiger partial charge is 0.477 e. The molecule has 0 radical (unpaired) electrons. The quantitative estimate of drug-likeness (QED) is 0.809. The summed E-state index contributed by atoms with van der Waals surface area (Å²) in [6.07, 6.45) is 8.21. The summed E-state index contributed by atoms with van der Waals surface area (Å²) < 4.78 is 26.9. The number of aromatic carboxylic acids is 1. The van der Waals surface area contributed by atoms with Crippen molar-refractivity contribution in [2.45, 2.75) is 23.8 Å². The van der Waals surface area contributed by atoms with E-state index in [2.05, 4.69) is 5.92 Å². The first-order valence-corrected chi connectivity index (χ1v) is 7.17. The molecule has 102 valence electrons. The molecular formula is C12H14N2O4S. The lowest BCUT2D eigenvalue weighted by Crippen LogP contribution is -2.26. The maximum Gasteiger partial charge on any atom is 0.352 e. The second-order valence-corrected chi connectivity index (χ2v) is 6.51. The van der Waals surface area contributed by atoms with Crippen LogP contribution < -0.4 is 0 Å². The van der Waals surface area contributed by atoms with E-state index in [-0.39, 0.29) is 23.2 Å². The highest BCUT2D eigenvalue weighted by atomic mass is 32.2. The molecular weight excluding hydrogens is 268 g/mol. The van der Waals surface area contributed by atoms with Gasteiger partial charge in [-0.1, -0.05) is 5.92 Å². The van der Waals surface area contributed by atoms with Crippen LogP contribution in [0.4, 0.5) is 0 Å². The first kappa shape index (κ1) is 13.6. The van der Waals surface area contributed by atoms with Crippen LogP contribution in [0.2, 0.25) is 0 Å². The third kappa shape index (κ3) is 2.50. The first-order chi connectivity index (χ1) is 8.87. The molecule has 7 heteroatoms. The van der Waals surface area contributed by atoms with Gasteiger partial charge in [0.1, 0.15) is 10.6 Å². The molecule has 19 heavy (non-hydrogen) atoms. The van der Waals surface area contributed by atoms with Crippen molar-refractivity contribution >= 4 is 16.0 Å². The molecule has 0 saturated heterocycles. The molecule has 1 heterocycles. The minimum Gasteiger partial charge on any atom is -0.477 e. The van der Waals surface area contributed by atoms with Gasteiger partial charge in [0.25, 0.3) is 0 Å². The summed E-state index contributed by atoms with van der Waals surface area (Å²) in [7, 11) is -2.37. The Morgan fingerprint density at radius 1 is 1.63 bits per heavy atom. The van der Waals surface area contributed by atoms with Crippen LogP contribution in [0.25, 0.3) is 0 Å². The van der Waals surface area contributed by atoms with Crippen molar-refractivity contribution in [3.05, 3.63) is 18.0 Å². The van der Waals surface area contributed by atoms with Gasteiger partial charge in [-0.05, 0) is 18.9 Å². The van der Waals surface area contributed by atoms with Crippen molar-refractivity contribution in [1.82, 2.24) is 8.87 Å². The van der Waals surface area contributed by atoms with Gasteiger partial charge >= 0.3 is 5.97 Å². The minimum atomic E-state index is -3.74. The molecule has 0 bridgehead atoms. The van der Waals surface area contributed by atoms with E-state index in [1.165, 1.54) is 23.9 Å². The van der Waals surface area contributed by atoms with Crippen LogP contribution >= 0.6 is 0 Å². The molecule has 6 nitrogen and oxygen atoms in total. The highest BCUT2D eigenvalue weighted by Gasteiger charge is 2.31. The number of rotatable bonds is 5. The lowest BCUT2D eigenvalue weighted by atomic mass is 10.4. The van der Waals surface area contributed by atoms with Gasteiger partial charge in [-0.3, -0.25) is 0 Å². The summed E-state index contributed by atoms with van der Waals surface area (Å²) in [5.74, 6) is 1.11. The Kier molecular flexibility index (Phi) is 3.39. The monoisotopic (exact) mass is 282 g/mol. The molecule has 0 aliphatic heterocycles. The standard InChI is InChI=1S/C12H14N2O4S/c1-3-6-13(2)19(17,18)10-7-11(12(15)16)14(8-10)9-4-5-9/h1,7-9H,4-6H2,2H3,(H,15,16). The Bertz CT molecular complexity index is 650. The minimum absolute atomic E-state index is 0.00446. The number of hydrogen-bond acceptors (Lipinski definition) is 3. The topological polar surface area (TPSA) is 79.6 Å². The third-order valence-corrected chi connectivity index (χ3v) is 4.77. The van der Waals surface area contributed by atoms with E-state index in [0.717, 1.165) is 17.1 Å². The molecule has 1 N–H and O–H groups in total. The number of sulfonamides is 1. The maximum atomic E-state index is 12.2. The van der Waals surface area contributed by atoms with Crippen molar-refractivity contribution in [3.63, 3.8) is 0 Å². The molecule has 0 aromatic carbocycles. The van der Waals surface area contributed by atoms with Crippen molar-refractivity contribution in [2.24, 2.45) is 0 Å². The lowest BCUT2D eigenvalue weighted by Gasteiger charge is -2.12. The fourth-order valence-electron chi connectivity index (χ4n) is 1.81. The van der Waals surface area contributed by atoms with E-state index >= 15 is 0 Å². The van der Waals surface area contributed by atoms with E-state index in [1.807, 2.05) is 0 Å². The Morgan fingerprint density at radius 2 is 2.26 bits per heavy atom. The zero-order chi connectivity index (χ0) is 14.2.